The molecule has 0 saturated carbocycles. The van der Waals surface area contributed by atoms with Crippen LogP contribution in [0, 0.1) is 0 Å². The van der Waals surface area contributed by atoms with Crippen LogP contribution in [0.3, 0.4) is 0 Å². The number of azide groups is 1. The maximum absolute atomic E-state index is 10.8. The molecule has 0 aliphatic heterocycles. The Morgan fingerprint density at radius 3 is 2.91 bits per heavy atom. The van der Waals surface area contributed by atoms with Crippen molar-refractivity contribution < 1.29 is 4.79 Å². The minimum absolute atomic E-state index is 0.440. The third-order valence-electron chi connectivity index (χ3n) is 0.920. The Hall–Kier alpha value is -0.840. The highest BCUT2D eigenvalue weighted by atomic mass is 79.9. The van der Waals surface area contributed by atoms with Crippen molar-refractivity contribution in [2.75, 3.05) is 0 Å². The van der Waals surface area contributed by atoms with Crippen molar-refractivity contribution in [1.82, 2.24) is 0 Å². The second kappa shape index (κ2) is 3.52. The van der Waals surface area contributed by atoms with Gasteiger partial charge in [0, 0.05) is 4.91 Å². The number of thiophene rings is 1. The molecule has 0 aromatic carbocycles. The van der Waals surface area contributed by atoms with Gasteiger partial charge < -0.3 is 0 Å². The zero-order valence-electron chi connectivity index (χ0n) is 5.19. The molecule has 0 fully saturated rings. The molecule has 1 rings (SSSR count). The van der Waals surface area contributed by atoms with E-state index in [0.29, 0.717) is 4.88 Å². The minimum Gasteiger partial charge on any atom is -0.286 e. The predicted molar refractivity (Wildman–Crippen MR) is 45.5 cm³/mol. The molecule has 0 spiro atoms. The number of carbonyl (C=O) groups excluding carboxylic acids is 1. The van der Waals surface area contributed by atoms with Crippen molar-refractivity contribution in [3.8, 4) is 0 Å². The molecular formula is C5H2BrN3OS. The summed E-state index contributed by atoms with van der Waals surface area (Å²) in [4.78, 5) is 13.7. The van der Waals surface area contributed by atoms with E-state index >= 15 is 0 Å². The van der Waals surface area contributed by atoms with Gasteiger partial charge in [-0.25, -0.2) is 0 Å². The average Bonchev–Trinajstić information content (AvgIpc) is 2.36. The summed E-state index contributed by atoms with van der Waals surface area (Å²) in [6, 6.07) is 3.33. The van der Waals surface area contributed by atoms with Gasteiger partial charge in [-0.15, -0.1) is 11.3 Å². The van der Waals surface area contributed by atoms with Gasteiger partial charge in [-0.05, 0) is 38.7 Å². The van der Waals surface area contributed by atoms with Crippen LogP contribution >= 0.6 is 27.3 Å². The van der Waals surface area contributed by atoms with Crippen LogP contribution in [-0.4, -0.2) is 5.91 Å². The lowest BCUT2D eigenvalue weighted by Gasteiger charge is -1.81. The van der Waals surface area contributed by atoms with Crippen LogP contribution in [-0.2, 0) is 0 Å². The number of halogens is 1. The molecule has 56 valence electrons. The van der Waals surface area contributed by atoms with Gasteiger partial charge in [0.2, 0.25) is 0 Å². The molecule has 0 N–H and O–H groups in total. The first kappa shape index (κ1) is 8.26. The highest BCUT2D eigenvalue weighted by Crippen LogP contribution is 2.22. The van der Waals surface area contributed by atoms with E-state index in [2.05, 4.69) is 26.0 Å². The summed E-state index contributed by atoms with van der Waals surface area (Å²) in [5.41, 5.74) is 7.94. The zero-order valence-corrected chi connectivity index (χ0v) is 7.59. The monoisotopic (exact) mass is 231 g/mol. The van der Waals surface area contributed by atoms with E-state index in [1.807, 2.05) is 0 Å². The highest BCUT2D eigenvalue weighted by Gasteiger charge is 2.04. The molecule has 1 amide bonds. The molecule has 0 aliphatic rings. The fourth-order valence-electron chi connectivity index (χ4n) is 0.519. The highest BCUT2D eigenvalue weighted by molar-refractivity contribution is 9.11. The van der Waals surface area contributed by atoms with E-state index in [-0.39, 0.29) is 0 Å². The summed E-state index contributed by atoms with van der Waals surface area (Å²) < 4.78 is 0.842. The van der Waals surface area contributed by atoms with E-state index in [1.165, 1.54) is 11.3 Å². The van der Waals surface area contributed by atoms with Gasteiger partial charge in [-0.3, -0.25) is 4.79 Å². The van der Waals surface area contributed by atoms with E-state index in [1.54, 1.807) is 12.1 Å². The molecule has 0 unspecified atom stereocenters. The molecule has 1 aromatic heterocycles. The van der Waals surface area contributed by atoms with Crippen LogP contribution in [0.1, 0.15) is 9.67 Å². The normalized spacial score (nSPS) is 8.82. The minimum atomic E-state index is -0.539. The maximum atomic E-state index is 10.8. The van der Waals surface area contributed by atoms with E-state index < -0.39 is 5.91 Å². The molecule has 4 nitrogen and oxygen atoms in total. The Morgan fingerprint density at radius 2 is 2.45 bits per heavy atom. The Balaban J connectivity index is 2.93. The van der Waals surface area contributed by atoms with Crippen molar-refractivity contribution in [2.24, 2.45) is 5.11 Å². The van der Waals surface area contributed by atoms with Crippen LogP contribution in [0.15, 0.2) is 21.0 Å². The second-order valence-electron chi connectivity index (χ2n) is 1.60. The fraction of sp³-hybridized carbons (Fsp3) is 0. The van der Waals surface area contributed by atoms with Crippen molar-refractivity contribution in [1.29, 1.82) is 0 Å². The third kappa shape index (κ3) is 2.04. The summed E-state index contributed by atoms with van der Waals surface area (Å²) >= 11 is 4.42. The summed E-state index contributed by atoms with van der Waals surface area (Å²) in [5, 5.41) is 2.94. The third-order valence-corrected chi connectivity index (χ3v) is 2.53. The van der Waals surface area contributed by atoms with Crippen LogP contribution in [0.4, 0.5) is 0 Å². The first-order valence-corrected chi connectivity index (χ1v) is 4.20. The van der Waals surface area contributed by atoms with Gasteiger partial charge in [-0.2, -0.15) is 0 Å². The molecule has 0 saturated heterocycles. The smallest absolute Gasteiger partial charge is 0.259 e. The average molecular weight is 232 g/mol. The molecule has 0 atom stereocenters. The van der Waals surface area contributed by atoms with Gasteiger partial charge >= 0.3 is 0 Å². The number of nitrogens with zero attached hydrogens (tertiary/aromatic N) is 3. The van der Waals surface area contributed by atoms with Crippen molar-refractivity contribution in [3.63, 3.8) is 0 Å². The summed E-state index contributed by atoms with van der Waals surface area (Å²) in [5.74, 6) is -0.539. The van der Waals surface area contributed by atoms with Gasteiger partial charge in [0.1, 0.15) is 0 Å². The largest absolute Gasteiger partial charge is 0.286 e. The molecule has 0 bridgehead atoms. The molecule has 1 heterocycles. The number of amides is 1. The van der Waals surface area contributed by atoms with E-state index in [4.69, 9.17) is 5.53 Å². The number of rotatable bonds is 1. The topological polar surface area (TPSA) is 65.8 Å². The summed E-state index contributed by atoms with van der Waals surface area (Å²) in [7, 11) is 0. The first-order valence-electron chi connectivity index (χ1n) is 2.59. The Labute approximate surface area is 74.6 Å². The van der Waals surface area contributed by atoms with Crippen LogP contribution in [0.5, 0.6) is 0 Å². The van der Waals surface area contributed by atoms with Crippen LogP contribution in [0.2, 0.25) is 0 Å². The van der Waals surface area contributed by atoms with Crippen molar-refractivity contribution in [2.45, 2.75) is 0 Å². The SMILES string of the molecule is [N-]=[N+]=NC(=O)c1ccc(Br)s1. The molecule has 6 heteroatoms. The summed E-state index contributed by atoms with van der Waals surface area (Å²) in [6.07, 6.45) is 0. The lowest BCUT2D eigenvalue weighted by molar-refractivity contribution is 0.100. The van der Waals surface area contributed by atoms with Gasteiger partial charge in [-0.1, -0.05) is 0 Å². The molecule has 0 radical (unpaired) electrons. The first-order chi connectivity index (χ1) is 5.24. The zero-order chi connectivity index (χ0) is 8.27. The number of hydrogen-bond donors (Lipinski definition) is 0. The Morgan fingerprint density at radius 1 is 1.73 bits per heavy atom. The maximum Gasteiger partial charge on any atom is 0.259 e. The number of carbonyl (C=O) groups is 1. The van der Waals surface area contributed by atoms with E-state index in [9.17, 15) is 4.79 Å². The van der Waals surface area contributed by atoms with Crippen molar-refractivity contribution >= 4 is 33.2 Å². The quantitative estimate of drug-likeness (QED) is 0.417. The molecule has 1 aromatic rings. The number of hydrogen-bond acceptors (Lipinski definition) is 2. The lowest BCUT2D eigenvalue weighted by atomic mass is 10.5. The Bertz CT molecular complexity index is 328. The second-order valence-corrected chi connectivity index (χ2v) is 4.06. The van der Waals surface area contributed by atoms with Gasteiger partial charge in [0.15, 0.2) is 0 Å². The Kier molecular flexibility index (Phi) is 2.64. The van der Waals surface area contributed by atoms with Crippen molar-refractivity contribution in [3.05, 3.63) is 31.2 Å². The van der Waals surface area contributed by atoms with Gasteiger partial charge in [0.25, 0.3) is 5.91 Å². The summed E-state index contributed by atoms with van der Waals surface area (Å²) in [6.45, 7) is 0. The van der Waals surface area contributed by atoms with Gasteiger partial charge in [0.05, 0.1) is 8.66 Å². The predicted octanol–water partition coefficient (Wildman–Crippen LogP) is 2.96. The molecule has 11 heavy (non-hydrogen) atoms. The van der Waals surface area contributed by atoms with Crippen LogP contribution < -0.4 is 0 Å². The fourth-order valence-corrected chi connectivity index (χ4v) is 1.78. The van der Waals surface area contributed by atoms with Crippen LogP contribution in [0.25, 0.3) is 10.4 Å². The standard InChI is InChI=1S/C5H2BrN3OS/c6-4-2-1-3(11-4)5(10)8-9-7/h1-2H. The van der Waals surface area contributed by atoms with E-state index in [0.717, 1.165) is 3.79 Å². The molecular weight excluding hydrogens is 230 g/mol. The lowest BCUT2D eigenvalue weighted by Crippen LogP contribution is -1.85. The molecule has 0 aliphatic carbocycles.